The van der Waals surface area contributed by atoms with Crippen LogP contribution in [0.25, 0.3) is 0 Å². The zero-order valence-corrected chi connectivity index (χ0v) is 9.74. The third kappa shape index (κ3) is 2.05. The summed E-state index contributed by atoms with van der Waals surface area (Å²) in [5, 5.41) is 9.55. The first-order chi connectivity index (χ1) is 7.74. The number of fused-ring (bicyclic) bond motifs is 1. The largest absolute Gasteiger partial charge is 0.465 e. The van der Waals surface area contributed by atoms with Gasteiger partial charge >= 0.3 is 5.97 Å². The summed E-state index contributed by atoms with van der Waals surface area (Å²) in [5.74, 6) is 0.339. The van der Waals surface area contributed by atoms with Gasteiger partial charge in [0.25, 0.3) is 0 Å². The molecule has 0 radical (unpaired) electrons. The van der Waals surface area contributed by atoms with Gasteiger partial charge in [-0.2, -0.15) is 0 Å². The van der Waals surface area contributed by atoms with Gasteiger partial charge in [0, 0.05) is 18.1 Å². The van der Waals surface area contributed by atoms with Gasteiger partial charge in [-0.15, -0.1) is 11.8 Å². The first-order valence-electron chi connectivity index (χ1n) is 5.13. The van der Waals surface area contributed by atoms with E-state index in [4.69, 9.17) is 4.74 Å². The van der Waals surface area contributed by atoms with Crippen LogP contribution in [0.5, 0.6) is 0 Å². The Kier molecular flexibility index (Phi) is 3.46. The van der Waals surface area contributed by atoms with Crippen LogP contribution in [0.2, 0.25) is 0 Å². The molecule has 2 atom stereocenters. The number of rotatable bonds is 2. The molecule has 86 valence electrons. The maximum atomic E-state index is 11.6. The van der Waals surface area contributed by atoms with Crippen LogP contribution in [0, 0.1) is 0 Å². The molecule has 0 saturated carbocycles. The summed E-state index contributed by atoms with van der Waals surface area (Å²) in [7, 11) is 0. The van der Waals surface area contributed by atoms with Gasteiger partial charge in [0.1, 0.15) is 11.4 Å². The number of nitrogens with zero attached hydrogens (tertiary/aromatic N) is 1. The van der Waals surface area contributed by atoms with Crippen LogP contribution in [0.1, 0.15) is 24.2 Å². The van der Waals surface area contributed by atoms with Crippen molar-refractivity contribution >= 4 is 17.7 Å². The van der Waals surface area contributed by atoms with E-state index in [1.165, 1.54) is 11.8 Å². The number of carbonyl (C=O) groups excluding carboxylic acids is 1. The molecule has 0 amide bonds. The molecule has 1 aromatic rings. The van der Waals surface area contributed by atoms with E-state index < -0.39 is 11.4 Å². The molecule has 2 unspecified atom stereocenters. The maximum Gasteiger partial charge on any atom is 0.322 e. The van der Waals surface area contributed by atoms with Gasteiger partial charge < -0.3 is 9.84 Å². The fourth-order valence-electron chi connectivity index (χ4n) is 1.70. The average molecular weight is 239 g/mol. The maximum absolute atomic E-state index is 11.6. The van der Waals surface area contributed by atoms with Gasteiger partial charge in [0.2, 0.25) is 0 Å². The van der Waals surface area contributed by atoms with Crippen molar-refractivity contribution in [2.75, 3.05) is 6.61 Å². The first-order valence-corrected chi connectivity index (χ1v) is 6.18. The quantitative estimate of drug-likeness (QED) is 0.788. The van der Waals surface area contributed by atoms with Crippen molar-refractivity contribution in [3.05, 3.63) is 29.6 Å². The molecule has 1 aliphatic rings. The Morgan fingerprint density at radius 3 is 3.31 bits per heavy atom. The van der Waals surface area contributed by atoms with E-state index in [0.717, 1.165) is 11.1 Å². The van der Waals surface area contributed by atoms with E-state index in [1.54, 1.807) is 25.4 Å². The van der Waals surface area contributed by atoms with Crippen LogP contribution in [-0.2, 0) is 15.3 Å². The lowest BCUT2D eigenvalue weighted by Gasteiger charge is -2.27. The summed E-state index contributed by atoms with van der Waals surface area (Å²) in [4.78, 5) is 15.6. The second-order valence-electron chi connectivity index (χ2n) is 3.50. The topological polar surface area (TPSA) is 59.4 Å². The molecule has 4 nitrogen and oxygen atoms in total. The van der Waals surface area contributed by atoms with Crippen molar-refractivity contribution in [2.45, 2.75) is 24.0 Å². The number of pyridine rings is 1. The molecule has 0 aromatic carbocycles. The third-order valence-corrected chi connectivity index (χ3v) is 3.77. The molecule has 1 aliphatic heterocycles. The van der Waals surface area contributed by atoms with E-state index in [0.29, 0.717) is 12.4 Å². The summed E-state index contributed by atoms with van der Waals surface area (Å²) in [6.45, 7) is 2.10. The minimum atomic E-state index is -0.796. The number of aromatic nitrogens is 1. The number of hydrogen-bond donors (Lipinski definition) is 1. The molecular formula is C11H13NO3S. The highest BCUT2D eigenvalue weighted by Crippen LogP contribution is 2.37. The molecule has 5 heteroatoms. The zero-order chi connectivity index (χ0) is 11.5. The molecule has 16 heavy (non-hydrogen) atoms. The van der Waals surface area contributed by atoms with E-state index in [9.17, 15) is 9.90 Å². The molecule has 2 heterocycles. The lowest BCUT2D eigenvalue weighted by molar-refractivity contribution is -0.144. The Morgan fingerprint density at radius 1 is 1.75 bits per heavy atom. The highest BCUT2D eigenvalue weighted by atomic mass is 32.2. The van der Waals surface area contributed by atoms with Crippen molar-refractivity contribution in [3.63, 3.8) is 0 Å². The Balaban J connectivity index is 2.21. The van der Waals surface area contributed by atoms with Crippen molar-refractivity contribution in [1.82, 2.24) is 4.98 Å². The minimum absolute atomic E-state index is 0.339. The summed E-state index contributed by atoms with van der Waals surface area (Å²) in [6.07, 6.45) is 2.56. The van der Waals surface area contributed by atoms with Gasteiger partial charge in [-0.25, -0.2) is 0 Å². The normalized spacial score (nSPS) is 23.6. The standard InChI is InChI=1S/C11H13NO3S/c1-2-15-11(14)10-9(13)8-3-4-12-5-7(8)6-16-10/h3-5,9-10,13H,2,6H2,1H3. The van der Waals surface area contributed by atoms with Gasteiger partial charge in [0.05, 0.1) is 6.61 Å². The number of aliphatic hydroxyl groups excluding tert-OH is 1. The molecule has 2 rings (SSSR count). The monoisotopic (exact) mass is 239 g/mol. The van der Waals surface area contributed by atoms with E-state index in [1.807, 2.05) is 0 Å². The lowest BCUT2D eigenvalue weighted by atomic mass is 10.0. The first kappa shape index (κ1) is 11.4. The van der Waals surface area contributed by atoms with E-state index in [-0.39, 0.29) is 5.97 Å². The number of esters is 1. The minimum Gasteiger partial charge on any atom is -0.465 e. The van der Waals surface area contributed by atoms with Crippen molar-refractivity contribution in [1.29, 1.82) is 0 Å². The summed E-state index contributed by atoms with van der Waals surface area (Å²) >= 11 is 1.40. The molecule has 0 bridgehead atoms. The fourth-order valence-corrected chi connectivity index (χ4v) is 2.84. The van der Waals surface area contributed by atoms with Gasteiger partial charge in [0.15, 0.2) is 0 Å². The Bertz CT molecular complexity index is 397. The molecular weight excluding hydrogens is 226 g/mol. The molecule has 1 N–H and O–H groups in total. The molecule has 1 aromatic heterocycles. The number of ether oxygens (including phenoxy) is 1. The second-order valence-corrected chi connectivity index (χ2v) is 4.63. The Hall–Kier alpha value is -1.07. The van der Waals surface area contributed by atoms with Crippen LogP contribution in [0.15, 0.2) is 18.5 Å². The number of hydrogen-bond acceptors (Lipinski definition) is 5. The predicted molar refractivity (Wildman–Crippen MR) is 60.9 cm³/mol. The van der Waals surface area contributed by atoms with Crippen LogP contribution < -0.4 is 0 Å². The lowest BCUT2D eigenvalue weighted by Crippen LogP contribution is -2.30. The highest BCUT2D eigenvalue weighted by molar-refractivity contribution is 7.99. The second kappa shape index (κ2) is 4.84. The molecule has 0 aliphatic carbocycles. The summed E-state index contributed by atoms with van der Waals surface area (Å²) in [6, 6.07) is 1.76. The predicted octanol–water partition coefficient (Wildman–Crippen LogP) is 1.29. The Morgan fingerprint density at radius 2 is 2.56 bits per heavy atom. The fraction of sp³-hybridized carbons (Fsp3) is 0.455. The number of thioether (sulfide) groups is 1. The molecule has 0 spiro atoms. The van der Waals surface area contributed by atoms with Gasteiger partial charge in [-0.1, -0.05) is 0 Å². The van der Waals surface area contributed by atoms with E-state index in [2.05, 4.69) is 4.98 Å². The molecule has 0 saturated heterocycles. The smallest absolute Gasteiger partial charge is 0.322 e. The summed E-state index contributed by atoms with van der Waals surface area (Å²) < 4.78 is 4.93. The zero-order valence-electron chi connectivity index (χ0n) is 8.92. The number of carbonyl (C=O) groups is 1. The van der Waals surface area contributed by atoms with E-state index >= 15 is 0 Å². The van der Waals surface area contributed by atoms with Crippen LogP contribution in [-0.4, -0.2) is 27.9 Å². The Labute approximate surface area is 98.0 Å². The van der Waals surface area contributed by atoms with Crippen LogP contribution in [0.3, 0.4) is 0 Å². The summed E-state index contributed by atoms with van der Waals surface area (Å²) in [5.41, 5.74) is 1.77. The molecule has 0 fully saturated rings. The average Bonchev–Trinajstić information content (AvgIpc) is 2.30. The van der Waals surface area contributed by atoms with Crippen LogP contribution in [0.4, 0.5) is 0 Å². The van der Waals surface area contributed by atoms with Gasteiger partial charge in [-0.05, 0) is 24.1 Å². The van der Waals surface area contributed by atoms with Gasteiger partial charge in [-0.3, -0.25) is 9.78 Å². The highest BCUT2D eigenvalue weighted by Gasteiger charge is 2.34. The van der Waals surface area contributed by atoms with Crippen molar-refractivity contribution < 1.29 is 14.6 Å². The third-order valence-electron chi connectivity index (χ3n) is 2.48. The van der Waals surface area contributed by atoms with Crippen molar-refractivity contribution in [3.8, 4) is 0 Å². The SMILES string of the molecule is CCOC(=O)C1SCc2cnccc2C1O. The van der Waals surface area contributed by atoms with Crippen LogP contribution >= 0.6 is 11.8 Å². The van der Waals surface area contributed by atoms with Crippen molar-refractivity contribution in [2.24, 2.45) is 0 Å². The number of aliphatic hydroxyl groups is 1.